The molecule has 0 fully saturated rings. The van der Waals surface area contributed by atoms with E-state index in [1.807, 2.05) is 48.5 Å². The number of aliphatic carboxylic acids is 1. The van der Waals surface area contributed by atoms with Crippen LogP contribution in [0.3, 0.4) is 0 Å². The molecule has 0 heterocycles. The Labute approximate surface area is 191 Å². The van der Waals surface area contributed by atoms with Gasteiger partial charge in [-0.2, -0.15) is 0 Å². The second-order valence-electron chi connectivity index (χ2n) is 7.84. The normalized spacial score (nSPS) is 14.0. The van der Waals surface area contributed by atoms with Crippen molar-refractivity contribution in [3.63, 3.8) is 0 Å². The van der Waals surface area contributed by atoms with Crippen LogP contribution in [0.5, 0.6) is 11.5 Å². The Morgan fingerprint density at radius 1 is 0.909 bits per heavy atom. The van der Waals surface area contributed by atoms with Crippen LogP contribution in [0.2, 0.25) is 0 Å². The minimum Gasteiger partial charge on any atom is -0.497 e. The van der Waals surface area contributed by atoms with Gasteiger partial charge in [0.2, 0.25) is 0 Å². The van der Waals surface area contributed by atoms with Crippen molar-refractivity contribution in [3.8, 4) is 22.6 Å². The first-order valence-electron chi connectivity index (χ1n) is 10.5. The van der Waals surface area contributed by atoms with Gasteiger partial charge in [-0.1, -0.05) is 48.5 Å². The minimum atomic E-state index is -1.59. The molecule has 0 amide bonds. The van der Waals surface area contributed by atoms with E-state index in [2.05, 4.69) is 0 Å². The zero-order chi connectivity index (χ0) is 23.5. The molecule has 3 aromatic carbocycles. The van der Waals surface area contributed by atoms with Crippen LogP contribution in [-0.4, -0.2) is 37.9 Å². The maximum Gasteiger partial charge on any atom is 0.322 e. The molecule has 1 aliphatic carbocycles. The summed E-state index contributed by atoms with van der Waals surface area (Å²) in [6.07, 6.45) is 0. The van der Waals surface area contributed by atoms with Crippen LogP contribution in [0.4, 0.5) is 0 Å². The van der Waals surface area contributed by atoms with Crippen molar-refractivity contribution < 1.29 is 28.9 Å². The highest BCUT2D eigenvalue weighted by Gasteiger charge is 2.37. The third kappa shape index (κ3) is 4.27. The Bertz CT molecular complexity index is 1120. The molecule has 1 aliphatic rings. The zero-order valence-electron chi connectivity index (χ0n) is 18.4. The Hall–Kier alpha value is -3.84. The first kappa shape index (κ1) is 22.4. The van der Waals surface area contributed by atoms with Crippen LogP contribution >= 0.6 is 0 Å². The van der Waals surface area contributed by atoms with Crippen molar-refractivity contribution in [3.05, 3.63) is 83.4 Å². The third-order valence-corrected chi connectivity index (χ3v) is 5.99. The molecule has 3 aromatic rings. The summed E-state index contributed by atoms with van der Waals surface area (Å²) in [5, 5.41) is 9.79. The summed E-state index contributed by atoms with van der Waals surface area (Å²) in [5.74, 6) is -3.13. The zero-order valence-corrected chi connectivity index (χ0v) is 18.4. The van der Waals surface area contributed by atoms with Crippen LogP contribution in [0.25, 0.3) is 11.1 Å². The molecule has 4 rings (SSSR count). The van der Waals surface area contributed by atoms with Gasteiger partial charge in [0.15, 0.2) is 5.92 Å². The van der Waals surface area contributed by atoms with Crippen LogP contribution in [0.1, 0.15) is 28.7 Å². The van der Waals surface area contributed by atoms with Gasteiger partial charge in [0.1, 0.15) is 18.1 Å². The van der Waals surface area contributed by atoms with Gasteiger partial charge in [-0.15, -0.1) is 0 Å². The minimum absolute atomic E-state index is 0.0186. The summed E-state index contributed by atoms with van der Waals surface area (Å²) in [6, 6.07) is 19.5. The van der Waals surface area contributed by atoms with Crippen molar-refractivity contribution in [2.75, 3.05) is 20.8 Å². The molecule has 33 heavy (non-hydrogen) atoms. The summed E-state index contributed by atoms with van der Waals surface area (Å²) < 4.78 is 16.0. The van der Waals surface area contributed by atoms with Crippen LogP contribution in [0, 0.1) is 5.92 Å². The molecule has 0 saturated heterocycles. The SMILES string of the molecule is COc1cc(OC)cc(C(N)[C@H](C(=O)O)C(=O)OCC2c3ccccc3-c3ccccc32)c1. The van der Waals surface area contributed by atoms with E-state index in [1.54, 1.807) is 18.2 Å². The highest BCUT2D eigenvalue weighted by atomic mass is 16.5. The van der Waals surface area contributed by atoms with Gasteiger partial charge in [-0.05, 0) is 39.9 Å². The maximum atomic E-state index is 12.9. The quantitative estimate of drug-likeness (QED) is 0.400. The van der Waals surface area contributed by atoms with E-state index in [4.69, 9.17) is 19.9 Å². The number of carboxylic acid groups (broad SMARTS) is 1. The van der Waals surface area contributed by atoms with E-state index in [-0.39, 0.29) is 12.5 Å². The fourth-order valence-electron chi connectivity index (χ4n) is 4.31. The van der Waals surface area contributed by atoms with E-state index < -0.39 is 23.9 Å². The van der Waals surface area contributed by atoms with E-state index in [1.165, 1.54) is 14.2 Å². The smallest absolute Gasteiger partial charge is 0.322 e. The number of esters is 1. The molecule has 0 radical (unpaired) electrons. The predicted octanol–water partition coefficient (Wildman–Crippen LogP) is 3.76. The standard InChI is InChI=1S/C26H25NO6/c1-31-16-11-15(12-17(13-16)32-2)24(27)23(25(28)29)26(30)33-14-22-20-9-5-3-7-18(20)19-8-4-6-10-21(19)22/h3-13,22-24H,14,27H2,1-2H3,(H,28,29)/t23-,24?/m1/s1. The number of hydrogen-bond donors (Lipinski definition) is 2. The molecule has 2 atom stereocenters. The molecule has 7 heteroatoms. The lowest BCUT2D eigenvalue weighted by Crippen LogP contribution is -2.36. The third-order valence-electron chi connectivity index (χ3n) is 5.99. The van der Waals surface area contributed by atoms with Crippen molar-refractivity contribution in [1.29, 1.82) is 0 Å². The lowest BCUT2D eigenvalue weighted by molar-refractivity contribution is -0.160. The predicted molar refractivity (Wildman–Crippen MR) is 122 cm³/mol. The fraction of sp³-hybridized carbons (Fsp3) is 0.231. The Balaban J connectivity index is 1.56. The van der Waals surface area contributed by atoms with Gasteiger partial charge >= 0.3 is 11.9 Å². The van der Waals surface area contributed by atoms with Crippen LogP contribution < -0.4 is 15.2 Å². The Kier molecular flexibility index (Phi) is 6.33. The number of carboxylic acids is 1. The largest absolute Gasteiger partial charge is 0.497 e. The average Bonchev–Trinajstić information content (AvgIpc) is 3.15. The van der Waals surface area contributed by atoms with Crippen LogP contribution in [-0.2, 0) is 14.3 Å². The van der Waals surface area contributed by atoms with E-state index in [9.17, 15) is 14.7 Å². The fourth-order valence-corrected chi connectivity index (χ4v) is 4.31. The van der Waals surface area contributed by atoms with Gasteiger partial charge in [0, 0.05) is 12.0 Å². The second kappa shape index (κ2) is 9.34. The molecule has 0 spiro atoms. The van der Waals surface area contributed by atoms with Gasteiger partial charge in [0.25, 0.3) is 0 Å². The number of rotatable bonds is 8. The van der Waals surface area contributed by atoms with Crippen molar-refractivity contribution >= 4 is 11.9 Å². The maximum absolute atomic E-state index is 12.9. The summed E-state index contributed by atoms with van der Waals surface area (Å²) in [6.45, 7) is 0.0186. The molecule has 170 valence electrons. The summed E-state index contributed by atoms with van der Waals surface area (Å²) in [7, 11) is 2.95. The van der Waals surface area contributed by atoms with Crippen LogP contribution in [0.15, 0.2) is 66.7 Å². The van der Waals surface area contributed by atoms with Crippen molar-refractivity contribution in [1.82, 2.24) is 0 Å². The number of carbonyl (C=O) groups is 2. The number of hydrogen-bond acceptors (Lipinski definition) is 6. The van der Waals surface area contributed by atoms with E-state index in [0.717, 1.165) is 22.3 Å². The molecule has 1 unspecified atom stereocenters. The van der Waals surface area contributed by atoms with Gasteiger partial charge in [-0.25, -0.2) is 0 Å². The summed E-state index contributed by atoms with van der Waals surface area (Å²) >= 11 is 0. The lowest BCUT2D eigenvalue weighted by Gasteiger charge is -2.22. The first-order chi connectivity index (χ1) is 15.9. The molecular weight excluding hydrogens is 422 g/mol. The highest BCUT2D eigenvalue weighted by Crippen LogP contribution is 2.44. The Morgan fingerprint density at radius 2 is 1.42 bits per heavy atom. The number of ether oxygens (including phenoxy) is 3. The number of benzene rings is 3. The number of nitrogens with two attached hydrogens (primary N) is 1. The molecule has 3 N–H and O–H groups in total. The molecule has 7 nitrogen and oxygen atoms in total. The van der Waals surface area contributed by atoms with Crippen molar-refractivity contribution in [2.45, 2.75) is 12.0 Å². The second-order valence-corrected chi connectivity index (χ2v) is 7.84. The molecular formula is C26H25NO6. The number of carbonyl (C=O) groups excluding carboxylic acids is 1. The number of fused-ring (bicyclic) bond motifs is 3. The topological polar surface area (TPSA) is 108 Å². The summed E-state index contributed by atoms with van der Waals surface area (Å²) in [5.41, 5.74) is 10.9. The molecule has 0 aliphatic heterocycles. The number of methoxy groups -OCH3 is 2. The average molecular weight is 447 g/mol. The molecule has 0 aromatic heterocycles. The Morgan fingerprint density at radius 3 is 1.91 bits per heavy atom. The van der Waals surface area contributed by atoms with E-state index in [0.29, 0.717) is 17.1 Å². The summed E-state index contributed by atoms with van der Waals surface area (Å²) in [4.78, 5) is 25.0. The van der Waals surface area contributed by atoms with Gasteiger partial charge in [-0.3, -0.25) is 9.59 Å². The molecule has 0 saturated carbocycles. The van der Waals surface area contributed by atoms with E-state index >= 15 is 0 Å². The van der Waals surface area contributed by atoms with Gasteiger partial charge in [0.05, 0.1) is 20.3 Å². The first-order valence-corrected chi connectivity index (χ1v) is 10.5. The van der Waals surface area contributed by atoms with Crippen molar-refractivity contribution in [2.24, 2.45) is 11.7 Å². The lowest BCUT2D eigenvalue weighted by atomic mass is 9.93. The monoisotopic (exact) mass is 447 g/mol. The molecule has 0 bridgehead atoms. The highest BCUT2D eigenvalue weighted by molar-refractivity contribution is 5.95. The van der Waals surface area contributed by atoms with Gasteiger partial charge < -0.3 is 25.1 Å².